The van der Waals surface area contributed by atoms with Crippen LogP contribution in [0.4, 0.5) is 0 Å². The standard InChI is InChI=1S/C16H24N4O2S/c1-13(14-3-5-15(21-2)6-4-14)18-19-16(23)17-7-8-20-9-11-22-12-10-20/h3-6H,7-12H2,1-2H3,(H2,17,19,23)/b18-13-. The first kappa shape index (κ1) is 17.7. The first-order valence-corrected chi connectivity index (χ1v) is 8.12. The highest BCUT2D eigenvalue weighted by atomic mass is 32.1. The molecule has 1 saturated heterocycles. The van der Waals surface area contributed by atoms with E-state index >= 15 is 0 Å². The van der Waals surface area contributed by atoms with Crippen LogP contribution in [0.3, 0.4) is 0 Å². The number of methoxy groups -OCH3 is 1. The Kier molecular flexibility index (Phi) is 7.25. The second-order valence-electron chi connectivity index (χ2n) is 5.25. The zero-order valence-electron chi connectivity index (χ0n) is 13.7. The highest BCUT2D eigenvalue weighted by Crippen LogP contribution is 2.11. The molecular formula is C16H24N4O2S. The van der Waals surface area contributed by atoms with E-state index in [2.05, 4.69) is 20.7 Å². The van der Waals surface area contributed by atoms with E-state index in [1.54, 1.807) is 7.11 Å². The number of benzene rings is 1. The molecule has 0 atom stereocenters. The topological polar surface area (TPSA) is 58.1 Å². The fourth-order valence-electron chi connectivity index (χ4n) is 2.22. The van der Waals surface area contributed by atoms with E-state index in [1.165, 1.54) is 0 Å². The second kappa shape index (κ2) is 9.44. The van der Waals surface area contributed by atoms with Crippen molar-refractivity contribution in [3.63, 3.8) is 0 Å². The van der Waals surface area contributed by atoms with Gasteiger partial charge in [-0.15, -0.1) is 0 Å². The van der Waals surface area contributed by atoms with Gasteiger partial charge in [-0.2, -0.15) is 5.10 Å². The molecule has 1 fully saturated rings. The van der Waals surface area contributed by atoms with Crippen molar-refractivity contribution in [2.24, 2.45) is 5.10 Å². The maximum Gasteiger partial charge on any atom is 0.187 e. The van der Waals surface area contributed by atoms with E-state index < -0.39 is 0 Å². The molecule has 7 heteroatoms. The van der Waals surface area contributed by atoms with Crippen LogP contribution in [0.2, 0.25) is 0 Å². The maximum absolute atomic E-state index is 5.32. The molecule has 1 aromatic rings. The van der Waals surface area contributed by atoms with Crippen molar-refractivity contribution in [3.05, 3.63) is 29.8 Å². The van der Waals surface area contributed by atoms with Gasteiger partial charge in [0.15, 0.2) is 5.11 Å². The van der Waals surface area contributed by atoms with E-state index in [1.807, 2.05) is 31.2 Å². The lowest BCUT2D eigenvalue weighted by Gasteiger charge is -2.26. The Morgan fingerprint density at radius 2 is 2.00 bits per heavy atom. The van der Waals surface area contributed by atoms with Gasteiger partial charge in [0.05, 0.1) is 26.0 Å². The lowest BCUT2D eigenvalue weighted by Crippen LogP contribution is -2.42. The number of rotatable bonds is 6. The van der Waals surface area contributed by atoms with Crippen LogP contribution in [0.25, 0.3) is 0 Å². The molecule has 2 rings (SSSR count). The summed E-state index contributed by atoms with van der Waals surface area (Å²) in [6, 6.07) is 7.75. The number of thiocarbonyl (C=S) groups is 1. The molecule has 0 saturated carbocycles. The molecular weight excluding hydrogens is 312 g/mol. The molecule has 0 bridgehead atoms. The number of nitrogens with one attached hydrogen (secondary N) is 2. The highest BCUT2D eigenvalue weighted by molar-refractivity contribution is 7.80. The molecule has 6 nitrogen and oxygen atoms in total. The molecule has 0 aromatic heterocycles. The second-order valence-corrected chi connectivity index (χ2v) is 5.66. The summed E-state index contributed by atoms with van der Waals surface area (Å²) in [6.45, 7) is 7.27. The average molecular weight is 336 g/mol. The van der Waals surface area contributed by atoms with Gasteiger partial charge in [-0.05, 0) is 49.0 Å². The molecule has 1 aliphatic heterocycles. The van der Waals surface area contributed by atoms with Gasteiger partial charge in [-0.1, -0.05) is 0 Å². The number of hydrogen-bond donors (Lipinski definition) is 2. The van der Waals surface area contributed by atoms with E-state index in [0.717, 1.165) is 56.4 Å². The number of hydrazone groups is 1. The third-order valence-electron chi connectivity index (χ3n) is 3.65. The Balaban J connectivity index is 1.71. The number of ether oxygens (including phenoxy) is 2. The van der Waals surface area contributed by atoms with Crippen molar-refractivity contribution < 1.29 is 9.47 Å². The zero-order valence-corrected chi connectivity index (χ0v) is 14.5. The quantitative estimate of drug-likeness (QED) is 0.463. The summed E-state index contributed by atoms with van der Waals surface area (Å²) in [4.78, 5) is 2.35. The van der Waals surface area contributed by atoms with Gasteiger partial charge in [0, 0.05) is 26.2 Å². The summed E-state index contributed by atoms with van der Waals surface area (Å²) in [5.41, 5.74) is 4.77. The summed E-state index contributed by atoms with van der Waals surface area (Å²) < 4.78 is 10.5. The van der Waals surface area contributed by atoms with E-state index in [4.69, 9.17) is 21.7 Å². The number of nitrogens with zero attached hydrogens (tertiary/aromatic N) is 2. The molecule has 0 spiro atoms. The van der Waals surface area contributed by atoms with Crippen LogP contribution in [0.15, 0.2) is 29.4 Å². The maximum atomic E-state index is 5.32. The van der Waals surface area contributed by atoms with Crippen molar-refractivity contribution >= 4 is 23.0 Å². The fraction of sp³-hybridized carbons (Fsp3) is 0.500. The molecule has 1 aliphatic rings. The van der Waals surface area contributed by atoms with E-state index in [9.17, 15) is 0 Å². The third-order valence-corrected chi connectivity index (χ3v) is 3.89. The first-order chi connectivity index (χ1) is 11.2. The van der Waals surface area contributed by atoms with Gasteiger partial charge in [-0.25, -0.2) is 0 Å². The van der Waals surface area contributed by atoms with Crippen molar-refractivity contribution in [1.82, 2.24) is 15.6 Å². The predicted molar refractivity (Wildman–Crippen MR) is 96.2 cm³/mol. The van der Waals surface area contributed by atoms with Crippen LogP contribution in [-0.2, 0) is 4.74 Å². The third kappa shape index (κ3) is 6.13. The minimum absolute atomic E-state index is 0.533. The van der Waals surface area contributed by atoms with Crippen LogP contribution in [-0.4, -0.2) is 62.2 Å². The average Bonchev–Trinajstić information content (AvgIpc) is 2.60. The molecule has 1 heterocycles. The van der Waals surface area contributed by atoms with Crippen molar-refractivity contribution in [3.8, 4) is 5.75 Å². The molecule has 2 N–H and O–H groups in total. The van der Waals surface area contributed by atoms with Gasteiger partial charge in [0.25, 0.3) is 0 Å². The Labute approximate surface area is 142 Å². The highest BCUT2D eigenvalue weighted by Gasteiger charge is 2.09. The summed E-state index contributed by atoms with van der Waals surface area (Å²) in [6.07, 6.45) is 0. The summed E-state index contributed by atoms with van der Waals surface area (Å²) in [5, 5.41) is 8.00. The molecule has 126 valence electrons. The largest absolute Gasteiger partial charge is 0.497 e. The number of morpholine rings is 1. The molecule has 1 aromatic carbocycles. The van der Waals surface area contributed by atoms with Gasteiger partial charge in [-0.3, -0.25) is 10.3 Å². The van der Waals surface area contributed by atoms with Crippen molar-refractivity contribution in [1.29, 1.82) is 0 Å². The van der Waals surface area contributed by atoms with Crippen LogP contribution in [0, 0.1) is 0 Å². The molecule has 23 heavy (non-hydrogen) atoms. The van der Waals surface area contributed by atoms with Crippen LogP contribution >= 0.6 is 12.2 Å². The van der Waals surface area contributed by atoms with Crippen LogP contribution < -0.4 is 15.5 Å². The molecule has 0 amide bonds. The fourth-order valence-corrected chi connectivity index (χ4v) is 2.37. The minimum Gasteiger partial charge on any atom is -0.497 e. The number of hydrogen-bond acceptors (Lipinski definition) is 5. The molecule has 0 unspecified atom stereocenters. The SMILES string of the molecule is COc1ccc(/C(C)=N\NC(=S)NCCN2CCOCC2)cc1. The Bertz CT molecular complexity index is 527. The van der Waals surface area contributed by atoms with Crippen LogP contribution in [0.1, 0.15) is 12.5 Å². The monoisotopic (exact) mass is 336 g/mol. The Morgan fingerprint density at radius 1 is 1.30 bits per heavy atom. The Morgan fingerprint density at radius 3 is 2.65 bits per heavy atom. The summed E-state index contributed by atoms with van der Waals surface area (Å²) >= 11 is 5.24. The smallest absolute Gasteiger partial charge is 0.187 e. The molecule has 0 radical (unpaired) electrons. The first-order valence-electron chi connectivity index (χ1n) is 7.71. The summed E-state index contributed by atoms with van der Waals surface area (Å²) in [7, 11) is 1.65. The predicted octanol–water partition coefficient (Wildman–Crippen LogP) is 1.22. The lowest BCUT2D eigenvalue weighted by molar-refractivity contribution is 0.0389. The normalized spacial score (nSPS) is 16.0. The van der Waals surface area contributed by atoms with Crippen molar-refractivity contribution in [2.45, 2.75) is 6.92 Å². The van der Waals surface area contributed by atoms with E-state index in [0.29, 0.717) is 5.11 Å². The van der Waals surface area contributed by atoms with Crippen LogP contribution in [0.5, 0.6) is 5.75 Å². The zero-order chi connectivity index (χ0) is 16.5. The Hall–Kier alpha value is -1.70. The van der Waals surface area contributed by atoms with Gasteiger partial charge in [0.1, 0.15) is 5.75 Å². The van der Waals surface area contributed by atoms with Crippen molar-refractivity contribution in [2.75, 3.05) is 46.5 Å². The lowest BCUT2D eigenvalue weighted by atomic mass is 10.1. The van der Waals surface area contributed by atoms with Gasteiger partial charge < -0.3 is 14.8 Å². The van der Waals surface area contributed by atoms with Gasteiger partial charge >= 0.3 is 0 Å². The van der Waals surface area contributed by atoms with Gasteiger partial charge in [0.2, 0.25) is 0 Å². The summed E-state index contributed by atoms with van der Waals surface area (Å²) in [5.74, 6) is 0.829. The minimum atomic E-state index is 0.533. The van der Waals surface area contributed by atoms with E-state index in [-0.39, 0.29) is 0 Å². The molecule has 0 aliphatic carbocycles.